The van der Waals surface area contributed by atoms with Crippen LogP contribution in [0.3, 0.4) is 0 Å². The van der Waals surface area contributed by atoms with Crippen LogP contribution in [0.1, 0.15) is 44.6 Å². The Kier molecular flexibility index (Phi) is 5.79. The molecule has 1 aromatic heterocycles. The standard InChI is InChI=1S/C12H16Cl2N2O3S/c1-5-12(3,4)15-10(17)6(2)19-11(18)8-7(13)9(14)20-16-8/h6H,5H2,1-4H3,(H,15,17)/t6-/m1/s1. The minimum absolute atomic E-state index is 0.0446. The first-order chi connectivity index (χ1) is 9.18. The smallest absolute Gasteiger partial charge is 0.360 e. The van der Waals surface area contributed by atoms with Gasteiger partial charge in [-0.2, -0.15) is 4.37 Å². The quantitative estimate of drug-likeness (QED) is 0.836. The number of aromatic nitrogens is 1. The Balaban J connectivity index is 2.66. The molecule has 0 fully saturated rings. The number of nitrogens with one attached hydrogen (secondary N) is 1. The molecule has 0 aliphatic rings. The molecule has 0 radical (unpaired) electrons. The minimum Gasteiger partial charge on any atom is -0.448 e. The first-order valence-corrected chi connectivity index (χ1v) is 7.54. The summed E-state index contributed by atoms with van der Waals surface area (Å²) in [5, 5.41) is 2.83. The number of hydrogen-bond acceptors (Lipinski definition) is 5. The van der Waals surface area contributed by atoms with Gasteiger partial charge in [0.2, 0.25) is 0 Å². The fourth-order valence-corrected chi connectivity index (χ4v) is 2.16. The second kappa shape index (κ2) is 6.74. The highest BCUT2D eigenvalue weighted by Gasteiger charge is 2.27. The molecule has 20 heavy (non-hydrogen) atoms. The van der Waals surface area contributed by atoms with Crippen LogP contribution in [0.25, 0.3) is 0 Å². The highest BCUT2D eigenvalue weighted by molar-refractivity contribution is 7.11. The van der Waals surface area contributed by atoms with E-state index in [4.69, 9.17) is 27.9 Å². The molecule has 1 rings (SSSR count). The Hall–Kier alpha value is -0.850. The van der Waals surface area contributed by atoms with Gasteiger partial charge < -0.3 is 10.1 Å². The Morgan fingerprint density at radius 3 is 2.50 bits per heavy atom. The van der Waals surface area contributed by atoms with Gasteiger partial charge in [-0.25, -0.2) is 4.79 Å². The molecule has 8 heteroatoms. The molecule has 0 aliphatic carbocycles. The lowest BCUT2D eigenvalue weighted by Crippen LogP contribution is -2.47. The Morgan fingerprint density at radius 2 is 2.05 bits per heavy atom. The third-order valence-corrected chi connectivity index (χ3v) is 4.40. The number of carbonyl (C=O) groups is 2. The maximum atomic E-state index is 11.9. The number of halogens is 2. The molecule has 1 heterocycles. The number of rotatable bonds is 5. The Labute approximate surface area is 131 Å². The van der Waals surface area contributed by atoms with Crippen molar-refractivity contribution >= 4 is 46.6 Å². The lowest BCUT2D eigenvalue weighted by Gasteiger charge is -2.26. The first-order valence-electron chi connectivity index (χ1n) is 6.01. The molecule has 112 valence electrons. The van der Waals surface area contributed by atoms with Gasteiger partial charge in [-0.15, -0.1) is 0 Å². The second-order valence-electron chi connectivity index (χ2n) is 4.89. The third-order valence-electron chi connectivity index (χ3n) is 2.79. The summed E-state index contributed by atoms with van der Waals surface area (Å²) >= 11 is 12.4. The lowest BCUT2D eigenvalue weighted by atomic mass is 10.0. The van der Waals surface area contributed by atoms with E-state index in [0.29, 0.717) is 0 Å². The predicted molar refractivity (Wildman–Crippen MR) is 79.5 cm³/mol. The van der Waals surface area contributed by atoms with E-state index >= 15 is 0 Å². The van der Waals surface area contributed by atoms with Crippen LogP contribution in [0.2, 0.25) is 9.36 Å². The molecule has 0 aromatic carbocycles. The molecule has 1 aromatic rings. The summed E-state index contributed by atoms with van der Waals surface area (Å²) in [6.07, 6.45) is -0.183. The third kappa shape index (κ3) is 4.33. The molecule has 1 atom stereocenters. The fraction of sp³-hybridized carbons (Fsp3) is 0.583. The maximum Gasteiger partial charge on any atom is 0.360 e. The molecular weight excluding hydrogens is 323 g/mol. The summed E-state index contributed by atoms with van der Waals surface area (Å²) in [6.45, 7) is 7.21. The molecule has 5 nitrogen and oxygen atoms in total. The SMILES string of the molecule is CCC(C)(C)NC(=O)[C@@H](C)OC(=O)c1nsc(Cl)c1Cl. The van der Waals surface area contributed by atoms with E-state index in [1.165, 1.54) is 6.92 Å². The Bertz CT molecular complexity index is 517. The number of ether oxygens (including phenoxy) is 1. The zero-order valence-electron chi connectivity index (χ0n) is 11.6. The van der Waals surface area contributed by atoms with E-state index in [0.717, 1.165) is 18.0 Å². The van der Waals surface area contributed by atoms with Gasteiger partial charge in [0.05, 0.1) is 0 Å². The van der Waals surface area contributed by atoms with E-state index < -0.39 is 12.1 Å². The van der Waals surface area contributed by atoms with Gasteiger partial charge in [-0.1, -0.05) is 30.1 Å². The van der Waals surface area contributed by atoms with Gasteiger partial charge in [-0.05, 0) is 38.7 Å². The van der Waals surface area contributed by atoms with E-state index in [1.54, 1.807) is 0 Å². The largest absolute Gasteiger partial charge is 0.448 e. The lowest BCUT2D eigenvalue weighted by molar-refractivity contribution is -0.130. The molecule has 0 saturated heterocycles. The van der Waals surface area contributed by atoms with Crippen LogP contribution in [0.4, 0.5) is 0 Å². The summed E-state index contributed by atoms with van der Waals surface area (Å²) in [6, 6.07) is 0. The average Bonchev–Trinajstić information content (AvgIpc) is 2.69. The van der Waals surface area contributed by atoms with Crippen molar-refractivity contribution < 1.29 is 14.3 Å². The molecule has 0 aliphatic heterocycles. The van der Waals surface area contributed by atoms with Gasteiger partial charge in [0.1, 0.15) is 9.36 Å². The molecule has 0 spiro atoms. The summed E-state index contributed by atoms with van der Waals surface area (Å²) in [7, 11) is 0. The van der Waals surface area contributed by atoms with E-state index in [1.807, 2.05) is 20.8 Å². The van der Waals surface area contributed by atoms with Crippen molar-refractivity contribution in [2.75, 3.05) is 0 Å². The van der Waals surface area contributed by atoms with Crippen LogP contribution in [0.5, 0.6) is 0 Å². The minimum atomic E-state index is -0.940. The predicted octanol–water partition coefficient (Wildman–Crippen LogP) is 3.30. The van der Waals surface area contributed by atoms with Gasteiger partial charge >= 0.3 is 5.97 Å². The topological polar surface area (TPSA) is 68.3 Å². The molecule has 0 saturated carbocycles. The van der Waals surface area contributed by atoms with E-state index in [9.17, 15) is 9.59 Å². The summed E-state index contributed by atoms with van der Waals surface area (Å²) in [5.74, 6) is -1.14. The number of carbonyl (C=O) groups excluding carboxylic acids is 2. The van der Waals surface area contributed by atoms with Gasteiger partial charge in [0.25, 0.3) is 5.91 Å². The zero-order valence-corrected chi connectivity index (χ0v) is 13.9. The van der Waals surface area contributed by atoms with Crippen LogP contribution in [-0.4, -0.2) is 27.9 Å². The van der Waals surface area contributed by atoms with Crippen molar-refractivity contribution in [2.24, 2.45) is 0 Å². The van der Waals surface area contributed by atoms with Crippen LogP contribution in [0.15, 0.2) is 0 Å². The highest BCUT2D eigenvalue weighted by atomic mass is 35.5. The molecule has 1 amide bonds. The van der Waals surface area contributed by atoms with Crippen molar-refractivity contribution in [3.63, 3.8) is 0 Å². The summed E-state index contributed by atoms with van der Waals surface area (Å²) < 4.78 is 9.03. The van der Waals surface area contributed by atoms with Crippen LogP contribution < -0.4 is 5.32 Å². The molecule has 0 bridgehead atoms. The van der Waals surface area contributed by atoms with Gasteiger partial charge in [-0.3, -0.25) is 4.79 Å². The first kappa shape index (κ1) is 17.2. The molecule has 1 N–H and O–H groups in total. The van der Waals surface area contributed by atoms with Crippen molar-refractivity contribution in [2.45, 2.75) is 45.8 Å². The van der Waals surface area contributed by atoms with E-state index in [2.05, 4.69) is 9.69 Å². The van der Waals surface area contributed by atoms with Crippen molar-refractivity contribution in [1.29, 1.82) is 0 Å². The van der Waals surface area contributed by atoms with E-state index in [-0.39, 0.29) is 26.5 Å². The van der Waals surface area contributed by atoms with Crippen molar-refractivity contribution in [3.8, 4) is 0 Å². The van der Waals surface area contributed by atoms with Crippen molar-refractivity contribution in [1.82, 2.24) is 9.69 Å². The average molecular weight is 339 g/mol. The number of hydrogen-bond donors (Lipinski definition) is 1. The number of amides is 1. The molecule has 0 unspecified atom stereocenters. The molecular formula is C12H16Cl2N2O3S. The zero-order chi connectivity index (χ0) is 15.5. The summed E-state index contributed by atoms with van der Waals surface area (Å²) in [5.41, 5.74) is -0.435. The van der Waals surface area contributed by atoms with Crippen LogP contribution in [-0.2, 0) is 9.53 Å². The highest BCUT2D eigenvalue weighted by Crippen LogP contribution is 2.29. The van der Waals surface area contributed by atoms with Gasteiger partial charge in [0.15, 0.2) is 11.8 Å². The van der Waals surface area contributed by atoms with Crippen LogP contribution in [0, 0.1) is 0 Å². The summed E-state index contributed by atoms with van der Waals surface area (Å²) in [4.78, 5) is 23.7. The van der Waals surface area contributed by atoms with Gasteiger partial charge in [0, 0.05) is 5.54 Å². The van der Waals surface area contributed by atoms with Crippen LogP contribution >= 0.6 is 34.7 Å². The van der Waals surface area contributed by atoms with Crippen molar-refractivity contribution in [3.05, 3.63) is 15.1 Å². The maximum absolute atomic E-state index is 11.9. The number of esters is 1. The normalized spacial score (nSPS) is 12.9. The second-order valence-corrected chi connectivity index (χ2v) is 6.65. The monoisotopic (exact) mass is 338 g/mol. The number of nitrogens with zero attached hydrogens (tertiary/aromatic N) is 1. The Morgan fingerprint density at radius 1 is 1.45 bits per heavy atom. The fourth-order valence-electron chi connectivity index (χ4n) is 1.18.